The molecular formula is C17H25N3. The predicted octanol–water partition coefficient (Wildman–Crippen LogP) is 3.54. The number of hydrogen-bond acceptors (Lipinski definition) is 2. The van der Waals surface area contributed by atoms with Gasteiger partial charge in [-0.1, -0.05) is 38.5 Å². The number of rotatable bonds is 7. The second-order valence-electron chi connectivity index (χ2n) is 5.29. The van der Waals surface area contributed by atoms with E-state index in [0.717, 1.165) is 25.9 Å². The van der Waals surface area contributed by atoms with Crippen LogP contribution < -0.4 is 5.32 Å². The molecule has 0 amide bonds. The minimum Gasteiger partial charge on any atom is -0.313 e. The van der Waals surface area contributed by atoms with Crippen LogP contribution in [0.25, 0.3) is 11.1 Å². The quantitative estimate of drug-likeness (QED) is 0.781. The Morgan fingerprint density at radius 2 is 2.05 bits per heavy atom. The van der Waals surface area contributed by atoms with Gasteiger partial charge in [0.15, 0.2) is 0 Å². The van der Waals surface area contributed by atoms with Crippen LogP contribution in [-0.4, -0.2) is 16.3 Å². The highest BCUT2D eigenvalue weighted by Gasteiger charge is 2.09. The molecule has 3 nitrogen and oxygen atoms in total. The highest BCUT2D eigenvalue weighted by Crippen LogP contribution is 2.24. The maximum atomic E-state index is 4.58. The van der Waals surface area contributed by atoms with Crippen LogP contribution in [0.1, 0.15) is 37.9 Å². The molecule has 0 saturated carbocycles. The fraction of sp³-hybridized carbons (Fsp3) is 0.471. The fourth-order valence-corrected chi connectivity index (χ4v) is 2.46. The summed E-state index contributed by atoms with van der Waals surface area (Å²) in [5, 5.41) is 8.04. The lowest BCUT2D eigenvalue weighted by Crippen LogP contribution is -2.13. The molecular weight excluding hydrogens is 246 g/mol. The fourth-order valence-electron chi connectivity index (χ4n) is 2.46. The van der Waals surface area contributed by atoms with Crippen LogP contribution in [0.4, 0.5) is 0 Å². The topological polar surface area (TPSA) is 29.9 Å². The highest BCUT2D eigenvalue weighted by molar-refractivity contribution is 5.66. The van der Waals surface area contributed by atoms with Crippen molar-refractivity contribution in [1.29, 1.82) is 0 Å². The van der Waals surface area contributed by atoms with E-state index >= 15 is 0 Å². The van der Waals surface area contributed by atoms with Gasteiger partial charge in [-0.05, 0) is 36.6 Å². The summed E-state index contributed by atoms with van der Waals surface area (Å²) in [7, 11) is 2.00. The van der Waals surface area contributed by atoms with Crippen molar-refractivity contribution in [2.75, 3.05) is 6.54 Å². The largest absolute Gasteiger partial charge is 0.313 e. The first-order chi connectivity index (χ1) is 9.74. The van der Waals surface area contributed by atoms with Crippen LogP contribution in [0.15, 0.2) is 30.5 Å². The van der Waals surface area contributed by atoms with Crippen molar-refractivity contribution in [3.8, 4) is 11.1 Å². The van der Waals surface area contributed by atoms with Crippen molar-refractivity contribution in [2.45, 2.75) is 39.7 Å². The van der Waals surface area contributed by atoms with E-state index in [2.05, 4.69) is 54.7 Å². The molecule has 108 valence electrons. The van der Waals surface area contributed by atoms with Crippen LogP contribution in [0.2, 0.25) is 0 Å². The lowest BCUT2D eigenvalue weighted by molar-refractivity contribution is 0.675. The number of nitrogens with zero attached hydrogens (tertiary/aromatic N) is 2. The molecule has 0 atom stereocenters. The van der Waals surface area contributed by atoms with E-state index in [0.29, 0.717) is 0 Å². The minimum atomic E-state index is 0.936. The van der Waals surface area contributed by atoms with Crippen molar-refractivity contribution < 1.29 is 0 Å². The van der Waals surface area contributed by atoms with Gasteiger partial charge in [0.25, 0.3) is 0 Å². The second kappa shape index (κ2) is 7.25. The minimum absolute atomic E-state index is 0.936. The first kappa shape index (κ1) is 14.8. The third kappa shape index (κ3) is 3.70. The maximum Gasteiger partial charge on any atom is 0.0702 e. The smallest absolute Gasteiger partial charge is 0.0702 e. The number of aryl methyl sites for hydroxylation is 2. The molecule has 1 heterocycles. The van der Waals surface area contributed by atoms with Crippen molar-refractivity contribution >= 4 is 0 Å². The Kier molecular flexibility index (Phi) is 5.36. The average Bonchev–Trinajstić information content (AvgIpc) is 2.81. The van der Waals surface area contributed by atoms with Crippen molar-refractivity contribution in [2.24, 2.45) is 7.05 Å². The van der Waals surface area contributed by atoms with Crippen LogP contribution in [0.3, 0.4) is 0 Å². The molecule has 0 fully saturated rings. The standard InChI is InChI=1S/C17H25N3/c1-4-7-17-16(13-20(3)19-17)15-9-6-8-14(11-15)12-18-10-5-2/h6,8-9,11,13,18H,4-5,7,10,12H2,1-3H3. The molecule has 2 aromatic rings. The molecule has 0 saturated heterocycles. The Morgan fingerprint density at radius 3 is 2.80 bits per heavy atom. The molecule has 0 bridgehead atoms. The lowest BCUT2D eigenvalue weighted by Gasteiger charge is -2.06. The molecule has 0 aliphatic rings. The van der Waals surface area contributed by atoms with Crippen LogP contribution >= 0.6 is 0 Å². The van der Waals surface area contributed by atoms with E-state index in [1.807, 2.05) is 11.7 Å². The van der Waals surface area contributed by atoms with E-state index in [1.54, 1.807) is 0 Å². The summed E-state index contributed by atoms with van der Waals surface area (Å²) in [5.41, 5.74) is 5.08. The van der Waals surface area contributed by atoms with Crippen LogP contribution in [0.5, 0.6) is 0 Å². The van der Waals surface area contributed by atoms with Crippen molar-refractivity contribution in [3.63, 3.8) is 0 Å². The van der Waals surface area contributed by atoms with Gasteiger partial charge in [-0.2, -0.15) is 5.10 Å². The summed E-state index contributed by atoms with van der Waals surface area (Å²) in [6.07, 6.45) is 5.46. The number of benzene rings is 1. The number of nitrogens with one attached hydrogen (secondary N) is 1. The Morgan fingerprint density at radius 1 is 1.20 bits per heavy atom. The zero-order valence-electron chi connectivity index (χ0n) is 12.8. The Balaban J connectivity index is 2.21. The maximum absolute atomic E-state index is 4.58. The predicted molar refractivity (Wildman–Crippen MR) is 84.6 cm³/mol. The average molecular weight is 271 g/mol. The van der Waals surface area contributed by atoms with Gasteiger partial charge in [0, 0.05) is 25.4 Å². The third-order valence-corrected chi connectivity index (χ3v) is 3.39. The molecule has 1 N–H and O–H groups in total. The SMILES string of the molecule is CCCNCc1cccc(-c2cn(C)nc2CCC)c1. The normalized spacial score (nSPS) is 10.9. The molecule has 3 heteroatoms. The van der Waals surface area contributed by atoms with E-state index in [9.17, 15) is 0 Å². The summed E-state index contributed by atoms with van der Waals surface area (Å²) < 4.78 is 1.92. The van der Waals surface area contributed by atoms with Gasteiger partial charge in [-0.3, -0.25) is 4.68 Å². The third-order valence-electron chi connectivity index (χ3n) is 3.39. The zero-order valence-corrected chi connectivity index (χ0v) is 12.8. The Hall–Kier alpha value is -1.61. The summed E-state index contributed by atoms with van der Waals surface area (Å²) in [6.45, 7) is 6.39. The van der Waals surface area contributed by atoms with Gasteiger partial charge < -0.3 is 5.32 Å². The summed E-state index contributed by atoms with van der Waals surface area (Å²) in [4.78, 5) is 0. The molecule has 0 aliphatic heterocycles. The molecule has 0 radical (unpaired) electrons. The Bertz CT molecular complexity index is 543. The Labute approximate surface area is 122 Å². The van der Waals surface area contributed by atoms with Crippen molar-refractivity contribution in [1.82, 2.24) is 15.1 Å². The van der Waals surface area contributed by atoms with E-state index in [4.69, 9.17) is 0 Å². The van der Waals surface area contributed by atoms with Gasteiger partial charge in [-0.15, -0.1) is 0 Å². The number of aromatic nitrogens is 2. The highest BCUT2D eigenvalue weighted by atomic mass is 15.2. The van der Waals surface area contributed by atoms with E-state index in [1.165, 1.54) is 28.8 Å². The zero-order chi connectivity index (χ0) is 14.4. The summed E-state index contributed by atoms with van der Waals surface area (Å²) >= 11 is 0. The monoisotopic (exact) mass is 271 g/mol. The molecule has 20 heavy (non-hydrogen) atoms. The van der Waals surface area contributed by atoms with Gasteiger partial charge in [0.05, 0.1) is 5.69 Å². The molecule has 0 spiro atoms. The first-order valence-corrected chi connectivity index (χ1v) is 7.57. The van der Waals surface area contributed by atoms with Gasteiger partial charge in [-0.25, -0.2) is 0 Å². The molecule has 1 aromatic carbocycles. The van der Waals surface area contributed by atoms with Crippen LogP contribution in [0, 0.1) is 0 Å². The number of hydrogen-bond donors (Lipinski definition) is 1. The van der Waals surface area contributed by atoms with Gasteiger partial charge >= 0.3 is 0 Å². The molecule has 0 unspecified atom stereocenters. The van der Waals surface area contributed by atoms with E-state index in [-0.39, 0.29) is 0 Å². The lowest BCUT2D eigenvalue weighted by atomic mass is 10.0. The van der Waals surface area contributed by atoms with Crippen LogP contribution in [-0.2, 0) is 20.0 Å². The second-order valence-corrected chi connectivity index (χ2v) is 5.29. The van der Waals surface area contributed by atoms with E-state index < -0.39 is 0 Å². The molecule has 1 aromatic heterocycles. The summed E-state index contributed by atoms with van der Waals surface area (Å²) in [6, 6.07) is 8.78. The first-order valence-electron chi connectivity index (χ1n) is 7.57. The summed E-state index contributed by atoms with van der Waals surface area (Å²) in [5.74, 6) is 0. The van der Waals surface area contributed by atoms with Gasteiger partial charge in [0.1, 0.15) is 0 Å². The van der Waals surface area contributed by atoms with Gasteiger partial charge in [0.2, 0.25) is 0 Å². The van der Waals surface area contributed by atoms with Crippen molar-refractivity contribution in [3.05, 3.63) is 41.7 Å². The molecule has 0 aliphatic carbocycles. The molecule has 2 rings (SSSR count).